The first kappa shape index (κ1) is 14.2. The fourth-order valence-corrected chi connectivity index (χ4v) is 3.46. The van der Waals surface area contributed by atoms with Crippen molar-refractivity contribution in [3.63, 3.8) is 0 Å². The number of fused-ring (bicyclic) bond motifs is 2. The van der Waals surface area contributed by atoms with E-state index in [-0.39, 0.29) is 5.56 Å². The second-order valence-corrected chi connectivity index (χ2v) is 6.15. The second-order valence-electron chi connectivity index (χ2n) is 6.15. The summed E-state index contributed by atoms with van der Waals surface area (Å²) < 4.78 is 5.38. The van der Waals surface area contributed by atoms with Gasteiger partial charge in [-0.25, -0.2) is 15.4 Å². The van der Waals surface area contributed by atoms with E-state index in [9.17, 15) is 4.79 Å². The maximum Gasteiger partial charge on any atom is 0.277 e. The third-order valence-electron chi connectivity index (χ3n) is 4.90. The molecular formula is C16H14N6O3. The van der Waals surface area contributed by atoms with Gasteiger partial charge < -0.3 is 14.3 Å². The molecule has 9 heteroatoms. The number of carbonyl (C=O) groups is 1. The van der Waals surface area contributed by atoms with Crippen molar-refractivity contribution in [1.29, 1.82) is 0 Å². The quantitative estimate of drug-likeness (QED) is 0.534. The van der Waals surface area contributed by atoms with Gasteiger partial charge in [-0.3, -0.25) is 10.0 Å². The number of aromatic nitrogens is 3. The van der Waals surface area contributed by atoms with E-state index in [1.54, 1.807) is 5.48 Å². The van der Waals surface area contributed by atoms with E-state index in [1.165, 1.54) is 12.4 Å². The van der Waals surface area contributed by atoms with Crippen LogP contribution in [-0.4, -0.2) is 51.4 Å². The Morgan fingerprint density at radius 3 is 2.60 bits per heavy atom. The Kier molecular flexibility index (Phi) is 2.92. The number of hydroxylamine groups is 1. The minimum atomic E-state index is -0.624. The summed E-state index contributed by atoms with van der Waals surface area (Å²) in [6, 6.07) is 8.52. The maximum atomic E-state index is 11.3. The number of benzene rings is 1. The van der Waals surface area contributed by atoms with Gasteiger partial charge in [0, 0.05) is 25.5 Å². The van der Waals surface area contributed by atoms with Crippen LogP contribution < -0.4 is 15.3 Å². The molecule has 1 unspecified atom stereocenters. The highest BCUT2D eigenvalue weighted by molar-refractivity contribution is 5.92. The predicted molar refractivity (Wildman–Crippen MR) is 87.6 cm³/mol. The first-order chi connectivity index (χ1) is 12.3. The van der Waals surface area contributed by atoms with Crippen molar-refractivity contribution in [3.05, 3.63) is 42.2 Å². The van der Waals surface area contributed by atoms with Crippen LogP contribution in [0.5, 0.6) is 0 Å². The number of piperazine rings is 1. The standard InChI is InChI=1S/C16H14N6O3/c23-15(19-24)9-5-17-16(18-6-9)22-8-11-12(22)7-21(11)14-10-3-1-2-4-13(10)25-20-14/h1-6,11-12,24H,7-8H2,(H,19,23)/t11-,12?/m1/s1. The first-order valence-corrected chi connectivity index (χ1v) is 7.90. The molecule has 2 aromatic heterocycles. The Labute approximate surface area is 141 Å². The van der Waals surface area contributed by atoms with Crippen molar-refractivity contribution in [1.82, 2.24) is 20.6 Å². The van der Waals surface area contributed by atoms with E-state index >= 15 is 0 Å². The van der Waals surface area contributed by atoms with Gasteiger partial charge in [0.2, 0.25) is 5.95 Å². The van der Waals surface area contributed by atoms with E-state index in [1.807, 2.05) is 24.3 Å². The molecule has 2 atom stereocenters. The number of hydrogen-bond acceptors (Lipinski definition) is 8. The topological polar surface area (TPSA) is 108 Å². The molecule has 1 aromatic carbocycles. The molecule has 5 rings (SSSR count). The molecular weight excluding hydrogens is 324 g/mol. The SMILES string of the molecule is O=C(NO)c1cnc(N2C[C@@H]3C2CN3c2noc3ccccc23)nc1. The monoisotopic (exact) mass is 338 g/mol. The fourth-order valence-electron chi connectivity index (χ4n) is 3.46. The van der Waals surface area contributed by atoms with Crippen molar-refractivity contribution >= 4 is 28.6 Å². The first-order valence-electron chi connectivity index (χ1n) is 7.90. The van der Waals surface area contributed by atoms with E-state index in [0.29, 0.717) is 18.0 Å². The summed E-state index contributed by atoms with van der Waals surface area (Å²) in [7, 11) is 0. The Bertz CT molecular complexity index is 956. The van der Waals surface area contributed by atoms with E-state index in [2.05, 4.69) is 24.9 Å². The van der Waals surface area contributed by atoms with Gasteiger partial charge in [0.05, 0.1) is 23.0 Å². The average Bonchev–Trinajstić information content (AvgIpc) is 3.07. The van der Waals surface area contributed by atoms with Crippen molar-refractivity contribution in [3.8, 4) is 0 Å². The highest BCUT2D eigenvalue weighted by atomic mass is 16.5. The smallest absolute Gasteiger partial charge is 0.277 e. The summed E-state index contributed by atoms with van der Waals surface area (Å²) in [5.74, 6) is 0.841. The van der Waals surface area contributed by atoms with Crippen molar-refractivity contribution in [2.24, 2.45) is 0 Å². The van der Waals surface area contributed by atoms with E-state index in [0.717, 1.165) is 29.9 Å². The molecule has 2 saturated heterocycles. The number of amides is 1. The van der Waals surface area contributed by atoms with E-state index < -0.39 is 5.91 Å². The van der Waals surface area contributed by atoms with Crippen molar-refractivity contribution in [2.75, 3.05) is 22.9 Å². The van der Waals surface area contributed by atoms with Gasteiger partial charge in [0.25, 0.3) is 5.91 Å². The minimum absolute atomic E-state index is 0.215. The van der Waals surface area contributed by atoms with Gasteiger partial charge in [-0.2, -0.15) is 0 Å². The molecule has 0 radical (unpaired) electrons. The minimum Gasteiger partial charge on any atom is -0.354 e. The Morgan fingerprint density at radius 1 is 1.16 bits per heavy atom. The molecule has 2 aliphatic rings. The number of carbonyl (C=O) groups excluding carboxylic acids is 1. The maximum absolute atomic E-state index is 11.3. The molecule has 0 saturated carbocycles. The summed E-state index contributed by atoms with van der Waals surface area (Å²) in [5.41, 5.74) is 2.57. The van der Waals surface area contributed by atoms with E-state index in [4.69, 9.17) is 9.73 Å². The molecule has 0 spiro atoms. The van der Waals surface area contributed by atoms with Crippen LogP contribution in [0.2, 0.25) is 0 Å². The van der Waals surface area contributed by atoms with Crippen molar-refractivity contribution in [2.45, 2.75) is 12.1 Å². The van der Waals surface area contributed by atoms with Gasteiger partial charge in [-0.05, 0) is 12.1 Å². The lowest BCUT2D eigenvalue weighted by atomic mass is 9.85. The van der Waals surface area contributed by atoms with Crippen LogP contribution in [0, 0.1) is 0 Å². The molecule has 2 aliphatic heterocycles. The van der Waals surface area contributed by atoms with Crippen LogP contribution in [0.25, 0.3) is 11.0 Å². The lowest BCUT2D eigenvalue weighted by Crippen LogP contribution is -2.79. The lowest BCUT2D eigenvalue weighted by molar-refractivity contribution is 0.0705. The van der Waals surface area contributed by atoms with Crippen LogP contribution in [0.3, 0.4) is 0 Å². The molecule has 0 bridgehead atoms. The highest BCUT2D eigenvalue weighted by Gasteiger charge is 2.53. The van der Waals surface area contributed by atoms with Gasteiger partial charge in [0.15, 0.2) is 11.4 Å². The normalized spacial score (nSPS) is 21.5. The fraction of sp³-hybridized carbons (Fsp3) is 0.250. The molecule has 4 heterocycles. The summed E-state index contributed by atoms with van der Waals surface area (Å²) in [6.07, 6.45) is 2.81. The second kappa shape index (κ2) is 5.15. The summed E-state index contributed by atoms with van der Waals surface area (Å²) in [4.78, 5) is 24.1. The van der Waals surface area contributed by atoms with Crippen LogP contribution in [-0.2, 0) is 0 Å². The molecule has 1 amide bonds. The van der Waals surface area contributed by atoms with Crippen LogP contribution in [0.15, 0.2) is 41.2 Å². The van der Waals surface area contributed by atoms with Crippen LogP contribution in [0.4, 0.5) is 11.8 Å². The largest absolute Gasteiger partial charge is 0.354 e. The van der Waals surface area contributed by atoms with Gasteiger partial charge in [-0.1, -0.05) is 17.3 Å². The number of nitrogens with zero attached hydrogens (tertiary/aromatic N) is 5. The van der Waals surface area contributed by atoms with Gasteiger partial charge >= 0.3 is 0 Å². The van der Waals surface area contributed by atoms with Crippen molar-refractivity contribution < 1.29 is 14.5 Å². The van der Waals surface area contributed by atoms with Gasteiger partial charge in [0.1, 0.15) is 0 Å². The summed E-state index contributed by atoms with van der Waals surface area (Å²) in [5, 5.41) is 13.9. The average molecular weight is 338 g/mol. The van der Waals surface area contributed by atoms with Gasteiger partial charge in [-0.15, -0.1) is 0 Å². The zero-order valence-electron chi connectivity index (χ0n) is 13.0. The number of nitrogens with one attached hydrogen (secondary N) is 1. The number of rotatable bonds is 3. The molecule has 0 aliphatic carbocycles. The third kappa shape index (κ3) is 1.99. The molecule has 126 valence electrons. The van der Waals surface area contributed by atoms with Crippen LogP contribution in [0.1, 0.15) is 10.4 Å². The Balaban J connectivity index is 1.31. The molecule has 2 N–H and O–H groups in total. The zero-order chi connectivity index (χ0) is 17.0. The number of para-hydroxylation sites is 1. The molecule has 2 fully saturated rings. The zero-order valence-corrected chi connectivity index (χ0v) is 13.0. The van der Waals surface area contributed by atoms with Crippen LogP contribution >= 0.6 is 0 Å². The highest BCUT2D eigenvalue weighted by Crippen LogP contribution is 2.40. The number of anilines is 2. The predicted octanol–water partition coefficient (Wildman–Crippen LogP) is 0.814. The Morgan fingerprint density at radius 2 is 1.88 bits per heavy atom. The molecule has 9 nitrogen and oxygen atoms in total. The third-order valence-corrected chi connectivity index (χ3v) is 4.90. The summed E-state index contributed by atoms with van der Waals surface area (Å²) >= 11 is 0. The summed E-state index contributed by atoms with van der Waals surface area (Å²) in [6.45, 7) is 1.61. The Hall–Kier alpha value is -3.20. The molecule has 25 heavy (non-hydrogen) atoms. The lowest BCUT2D eigenvalue weighted by Gasteiger charge is -2.61. The number of hydrogen-bond donors (Lipinski definition) is 2. The molecule has 3 aromatic rings.